The smallest absolute Gasteiger partial charge is 0.255 e. The lowest BCUT2D eigenvalue weighted by molar-refractivity contribution is -0.883. The van der Waals surface area contributed by atoms with Crippen molar-refractivity contribution in [2.24, 2.45) is 5.92 Å². The zero-order valence-electron chi connectivity index (χ0n) is 22.0. The third-order valence-electron chi connectivity index (χ3n) is 8.32. The van der Waals surface area contributed by atoms with Crippen LogP contribution in [0.25, 0.3) is 0 Å². The van der Waals surface area contributed by atoms with Gasteiger partial charge < -0.3 is 24.6 Å². The molecule has 2 fully saturated rings. The quantitative estimate of drug-likeness (QED) is 0.540. The van der Waals surface area contributed by atoms with Gasteiger partial charge in [0.1, 0.15) is 5.82 Å². The van der Waals surface area contributed by atoms with E-state index in [0.717, 1.165) is 37.4 Å². The Morgan fingerprint density at radius 2 is 1.69 bits per heavy atom. The van der Waals surface area contributed by atoms with Gasteiger partial charge >= 0.3 is 0 Å². The molecule has 0 aliphatic carbocycles. The van der Waals surface area contributed by atoms with Crippen molar-refractivity contribution in [3.63, 3.8) is 0 Å². The van der Waals surface area contributed by atoms with Crippen LogP contribution in [0.3, 0.4) is 0 Å². The molecule has 2 amide bonds. The SMILES string of the molecule is C[NH+]1CCN(C(=O)c2ccc(N3CC4CC(C3)c3cccc(=O)n3C4)c(NC(=O)c3ccc(F)cc3)c2)CC1. The predicted molar refractivity (Wildman–Crippen MR) is 147 cm³/mol. The second kappa shape index (κ2) is 10.3. The molecule has 39 heavy (non-hydrogen) atoms. The fourth-order valence-electron chi connectivity index (χ4n) is 6.21. The highest BCUT2D eigenvalue weighted by Gasteiger charge is 2.35. The molecule has 4 heterocycles. The van der Waals surface area contributed by atoms with Crippen molar-refractivity contribution < 1.29 is 18.9 Å². The van der Waals surface area contributed by atoms with E-state index in [2.05, 4.69) is 17.3 Å². The number of piperidine rings is 1. The molecule has 3 aliphatic heterocycles. The first-order valence-corrected chi connectivity index (χ1v) is 13.6. The van der Waals surface area contributed by atoms with Crippen LogP contribution in [0.15, 0.2) is 65.5 Å². The Labute approximate surface area is 226 Å². The summed E-state index contributed by atoms with van der Waals surface area (Å²) in [5, 5.41) is 3.01. The molecule has 0 radical (unpaired) electrons. The van der Waals surface area contributed by atoms with Gasteiger partial charge in [-0.15, -0.1) is 0 Å². The Hall–Kier alpha value is -3.98. The maximum atomic E-state index is 13.5. The lowest BCUT2D eigenvalue weighted by Gasteiger charge is -2.44. The standard InChI is InChI=1S/C30H32FN5O3/c1-33-11-13-34(14-12-33)30(39)22-7-10-27(25(16-22)32-29(38)21-5-8-24(31)9-6-21)35-17-20-15-23(19-35)26-3-2-4-28(37)36(26)18-20/h2-10,16,20,23H,11-15,17-19H2,1H3,(H,32,38)/p+1. The molecule has 2 bridgehead atoms. The van der Waals surface area contributed by atoms with Gasteiger partial charge in [0.25, 0.3) is 17.4 Å². The molecule has 2 N–H and O–H groups in total. The van der Waals surface area contributed by atoms with E-state index in [0.29, 0.717) is 48.9 Å². The Bertz CT molecular complexity index is 1460. The minimum atomic E-state index is -0.409. The number of quaternary nitrogens is 1. The molecule has 1 aromatic heterocycles. The molecule has 6 rings (SSSR count). The number of nitrogens with one attached hydrogen (secondary N) is 2. The summed E-state index contributed by atoms with van der Waals surface area (Å²) in [5.74, 6) is -0.325. The van der Waals surface area contributed by atoms with Crippen molar-refractivity contribution in [3.05, 3.63) is 93.7 Å². The number of fused-ring (bicyclic) bond motifs is 4. The van der Waals surface area contributed by atoms with Crippen LogP contribution < -0.4 is 20.7 Å². The van der Waals surface area contributed by atoms with Crippen LogP contribution in [0.2, 0.25) is 0 Å². The maximum absolute atomic E-state index is 13.5. The van der Waals surface area contributed by atoms with Crippen LogP contribution in [0.5, 0.6) is 0 Å². The number of hydrogen-bond donors (Lipinski definition) is 2. The van der Waals surface area contributed by atoms with E-state index in [9.17, 15) is 18.8 Å². The number of carbonyl (C=O) groups is 2. The fraction of sp³-hybridized carbons (Fsp3) is 0.367. The minimum absolute atomic E-state index is 0.0382. The molecule has 202 valence electrons. The van der Waals surface area contributed by atoms with Gasteiger partial charge in [0.15, 0.2) is 0 Å². The number of hydrogen-bond acceptors (Lipinski definition) is 4. The van der Waals surface area contributed by atoms with Gasteiger partial charge in [0.2, 0.25) is 0 Å². The Balaban J connectivity index is 1.32. The highest BCUT2D eigenvalue weighted by molar-refractivity contribution is 6.07. The van der Waals surface area contributed by atoms with E-state index < -0.39 is 5.82 Å². The third-order valence-corrected chi connectivity index (χ3v) is 8.32. The molecular formula is C30H33FN5O3+. The number of likely N-dealkylation sites (N-methyl/N-ethyl adjacent to an activating group) is 1. The number of rotatable bonds is 4. The van der Waals surface area contributed by atoms with Crippen LogP contribution in [-0.4, -0.2) is 67.6 Å². The van der Waals surface area contributed by atoms with Gasteiger partial charge in [0, 0.05) is 48.4 Å². The topological polar surface area (TPSA) is 79.1 Å². The molecule has 2 saturated heterocycles. The molecule has 2 atom stereocenters. The number of anilines is 2. The van der Waals surface area contributed by atoms with Gasteiger partial charge in [-0.05, 0) is 60.9 Å². The highest BCUT2D eigenvalue weighted by Crippen LogP contribution is 2.39. The first-order chi connectivity index (χ1) is 18.9. The summed E-state index contributed by atoms with van der Waals surface area (Å²) in [7, 11) is 2.13. The van der Waals surface area contributed by atoms with E-state index in [4.69, 9.17) is 0 Å². The van der Waals surface area contributed by atoms with Crippen molar-refractivity contribution in [2.45, 2.75) is 18.9 Å². The second-order valence-electron chi connectivity index (χ2n) is 11.0. The van der Waals surface area contributed by atoms with Crippen molar-refractivity contribution in [2.75, 3.05) is 56.5 Å². The Kier molecular flexibility index (Phi) is 6.68. The molecular weight excluding hydrogens is 497 g/mol. The zero-order valence-corrected chi connectivity index (χ0v) is 22.0. The maximum Gasteiger partial charge on any atom is 0.255 e. The molecule has 0 spiro atoms. The van der Waals surface area contributed by atoms with E-state index >= 15 is 0 Å². The summed E-state index contributed by atoms with van der Waals surface area (Å²) >= 11 is 0. The number of nitrogens with zero attached hydrogens (tertiary/aromatic N) is 3. The van der Waals surface area contributed by atoms with Gasteiger partial charge in [-0.1, -0.05) is 6.07 Å². The third kappa shape index (κ3) is 5.06. The van der Waals surface area contributed by atoms with Crippen LogP contribution in [-0.2, 0) is 6.54 Å². The zero-order chi connectivity index (χ0) is 27.1. The summed E-state index contributed by atoms with van der Waals surface area (Å²) in [6.45, 7) is 5.30. The summed E-state index contributed by atoms with van der Waals surface area (Å²) in [5.41, 5.74) is 3.35. The number of carbonyl (C=O) groups excluding carboxylic acids is 2. The van der Waals surface area contributed by atoms with E-state index in [-0.39, 0.29) is 23.3 Å². The predicted octanol–water partition coefficient (Wildman–Crippen LogP) is 1.83. The molecule has 0 saturated carbocycles. The highest BCUT2D eigenvalue weighted by atomic mass is 19.1. The summed E-state index contributed by atoms with van der Waals surface area (Å²) < 4.78 is 15.4. The first kappa shape index (κ1) is 25.3. The number of pyridine rings is 1. The number of amides is 2. The van der Waals surface area contributed by atoms with Crippen molar-refractivity contribution in [3.8, 4) is 0 Å². The number of piperazine rings is 1. The average molecular weight is 531 g/mol. The number of aromatic nitrogens is 1. The van der Waals surface area contributed by atoms with Gasteiger partial charge in [-0.2, -0.15) is 0 Å². The Morgan fingerprint density at radius 3 is 2.46 bits per heavy atom. The van der Waals surface area contributed by atoms with Crippen LogP contribution in [0.4, 0.5) is 15.8 Å². The second-order valence-corrected chi connectivity index (χ2v) is 11.0. The van der Waals surface area contributed by atoms with Crippen LogP contribution >= 0.6 is 0 Å². The van der Waals surface area contributed by atoms with E-state index in [1.54, 1.807) is 12.1 Å². The van der Waals surface area contributed by atoms with Crippen molar-refractivity contribution in [1.82, 2.24) is 9.47 Å². The molecule has 2 aromatic carbocycles. The van der Waals surface area contributed by atoms with Crippen LogP contribution in [0.1, 0.15) is 38.7 Å². The van der Waals surface area contributed by atoms with Crippen LogP contribution in [0, 0.1) is 11.7 Å². The van der Waals surface area contributed by atoms with Gasteiger partial charge in [-0.3, -0.25) is 14.4 Å². The molecule has 3 aromatic rings. The fourth-order valence-corrected chi connectivity index (χ4v) is 6.21. The van der Waals surface area contributed by atoms with Gasteiger partial charge in [-0.25, -0.2) is 4.39 Å². The summed E-state index contributed by atoms with van der Waals surface area (Å²) in [6.07, 6.45) is 1.01. The normalized spacial score (nSPS) is 20.9. The van der Waals surface area contributed by atoms with Crippen molar-refractivity contribution >= 4 is 23.2 Å². The van der Waals surface area contributed by atoms with E-state index in [1.807, 2.05) is 33.7 Å². The van der Waals surface area contributed by atoms with E-state index in [1.165, 1.54) is 29.2 Å². The average Bonchev–Trinajstić information content (AvgIpc) is 2.94. The number of halogens is 1. The monoisotopic (exact) mass is 530 g/mol. The number of benzene rings is 2. The molecule has 9 heteroatoms. The summed E-state index contributed by atoms with van der Waals surface area (Å²) in [6, 6.07) is 16.4. The lowest BCUT2D eigenvalue weighted by atomic mass is 9.83. The van der Waals surface area contributed by atoms with Gasteiger partial charge in [0.05, 0.1) is 44.6 Å². The molecule has 2 unspecified atom stereocenters. The minimum Gasteiger partial charge on any atom is -0.369 e. The summed E-state index contributed by atoms with van der Waals surface area (Å²) in [4.78, 5) is 44.6. The molecule has 8 nitrogen and oxygen atoms in total. The Morgan fingerprint density at radius 1 is 0.949 bits per heavy atom. The first-order valence-electron chi connectivity index (χ1n) is 13.6. The molecule has 3 aliphatic rings. The lowest BCUT2D eigenvalue weighted by Crippen LogP contribution is -3.12. The largest absolute Gasteiger partial charge is 0.369 e. The van der Waals surface area contributed by atoms with Crippen molar-refractivity contribution in [1.29, 1.82) is 0 Å².